The fraction of sp³-hybridized carbons (Fsp3) is 0.579. The van der Waals surface area contributed by atoms with Crippen LogP contribution in [0, 0.1) is 23.1 Å². The number of carbonyl (C=O) groups excluding carboxylic acids is 2. The van der Waals surface area contributed by atoms with Crippen molar-refractivity contribution in [2.24, 2.45) is 17.3 Å². The van der Waals surface area contributed by atoms with Gasteiger partial charge in [0, 0.05) is 5.69 Å². The minimum atomic E-state index is -0.754. The Balaban J connectivity index is 1.36. The Labute approximate surface area is 155 Å². The summed E-state index contributed by atoms with van der Waals surface area (Å²) < 4.78 is 18.4. The van der Waals surface area contributed by atoms with Gasteiger partial charge in [-0.25, -0.2) is 4.39 Å². The molecule has 1 amide bonds. The molecule has 2 unspecified atom stereocenters. The molecule has 26 heavy (non-hydrogen) atoms. The zero-order valence-electron chi connectivity index (χ0n) is 14.3. The highest BCUT2D eigenvalue weighted by Gasteiger charge is 2.60. The van der Waals surface area contributed by atoms with E-state index >= 15 is 0 Å². The molecule has 0 radical (unpaired) electrons. The molecule has 0 saturated heterocycles. The van der Waals surface area contributed by atoms with E-state index in [2.05, 4.69) is 5.32 Å². The van der Waals surface area contributed by atoms with E-state index in [0.29, 0.717) is 23.9 Å². The Morgan fingerprint density at radius 3 is 2.58 bits per heavy atom. The summed E-state index contributed by atoms with van der Waals surface area (Å²) in [4.78, 5) is 24.7. The van der Waals surface area contributed by atoms with Crippen LogP contribution in [0.25, 0.3) is 0 Å². The van der Waals surface area contributed by atoms with E-state index in [0.717, 1.165) is 38.2 Å². The van der Waals surface area contributed by atoms with Crippen molar-refractivity contribution in [3.05, 3.63) is 29.0 Å². The Morgan fingerprint density at radius 2 is 1.96 bits per heavy atom. The van der Waals surface area contributed by atoms with Gasteiger partial charge in [-0.05, 0) is 68.6 Å². The number of carbonyl (C=O) groups is 2. The highest BCUT2D eigenvalue weighted by Crippen LogP contribution is 2.61. The van der Waals surface area contributed by atoms with E-state index < -0.39 is 35.3 Å². The monoisotopic (exact) mass is 381 g/mol. The fourth-order valence-electron chi connectivity index (χ4n) is 5.51. The van der Waals surface area contributed by atoms with Gasteiger partial charge in [0.1, 0.15) is 5.82 Å². The number of benzene rings is 1. The molecule has 4 bridgehead atoms. The van der Waals surface area contributed by atoms with Crippen LogP contribution in [0.4, 0.5) is 10.1 Å². The number of ether oxygens (including phenoxy) is 1. The van der Waals surface area contributed by atoms with E-state index in [4.69, 9.17) is 16.3 Å². The summed E-state index contributed by atoms with van der Waals surface area (Å²) in [6, 6.07) is 3.83. The van der Waals surface area contributed by atoms with Crippen LogP contribution in [0.3, 0.4) is 0 Å². The molecule has 4 aliphatic rings. The van der Waals surface area contributed by atoms with Gasteiger partial charge in [-0.1, -0.05) is 11.6 Å². The third-order valence-corrected chi connectivity index (χ3v) is 6.29. The summed E-state index contributed by atoms with van der Waals surface area (Å²) in [5, 5.41) is 13.1. The number of hydrogen-bond donors (Lipinski definition) is 2. The molecule has 4 atom stereocenters. The molecular weight excluding hydrogens is 361 g/mol. The van der Waals surface area contributed by atoms with Gasteiger partial charge in [0.25, 0.3) is 5.91 Å². The third kappa shape index (κ3) is 3.21. The summed E-state index contributed by atoms with van der Waals surface area (Å²) >= 11 is 5.68. The van der Waals surface area contributed by atoms with Crippen LogP contribution in [0.1, 0.15) is 38.5 Å². The molecule has 7 heteroatoms. The molecule has 0 aromatic heterocycles. The molecular formula is C19H21ClFNO4. The van der Waals surface area contributed by atoms with Crippen LogP contribution >= 0.6 is 11.6 Å². The van der Waals surface area contributed by atoms with Crippen molar-refractivity contribution in [2.45, 2.75) is 44.1 Å². The molecule has 0 heterocycles. The quantitative estimate of drug-likeness (QED) is 0.785. The normalized spacial score (nSPS) is 34.6. The van der Waals surface area contributed by atoms with E-state index in [1.54, 1.807) is 0 Å². The predicted molar refractivity (Wildman–Crippen MR) is 93.1 cm³/mol. The maximum Gasteiger partial charge on any atom is 0.312 e. The number of aliphatic hydroxyl groups is 1. The SMILES string of the molecule is O=C(COC(=O)C12C[C@@H]3C[C@@H](CC(O)(C3)C1)C2)Nc1ccc(F)c(Cl)c1. The lowest BCUT2D eigenvalue weighted by Gasteiger charge is -2.58. The number of nitrogens with one attached hydrogen (secondary N) is 1. The molecule has 5 nitrogen and oxygen atoms in total. The average Bonchev–Trinajstić information content (AvgIpc) is 2.53. The van der Waals surface area contributed by atoms with Crippen molar-refractivity contribution in [3.8, 4) is 0 Å². The van der Waals surface area contributed by atoms with Gasteiger partial charge in [-0.15, -0.1) is 0 Å². The summed E-state index contributed by atoms with van der Waals surface area (Å²) in [7, 11) is 0. The molecule has 2 N–H and O–H groups in total. The second-order valence-electron chi connectivity index (χ2n) is 8.22. The third-order valence-electron chi connectivity index (χ3n) is 6.00. The molecule has 1 aromatic carbocycles. The topological polar surface area (TPSA) is 75.6 Å². The molecule has 4 saturated carbocycles. The van der Waals surface area contributed by atoms with E-state index in [-0.39, 0.29) is 5.02 Å². The second-order valence-corrected chi connectivity index (χ2v) is 8.63. The largest absolute Gasteiger partial charge is 0.455 e. The highest BCUT2D eigenvalue weighted by molar-refractivity contribution is 6.31. The van der Waals surface area contributed by atoms with E-state index in [9.17, 15) is 19.1 Å². The maximum absolute atomic E-state index is 13.1. The minimum Gasteiger partial charge on any atom is -0.455 e. The van der Waals surface area contributed by atoms with Crippen molar-refractivity contribution in [1.29, 1.82) is 0 Å². The van der Waals surface area contributed by atoms with Gasteiger partial charge in [0.2, 0.25) is 0 Å². The first-order valence-corrected chi connectivity index (χ1v) is 9.29. The summed E-state index contributed by atoms with van der Waals surface area (Å²) in [6.45, 7) is -0.413. The molecule has 4 aliphatic carbocycles. The Kier molecular flexibility index (Phi) is 4.23. The molecule has 1 aromatic rings. The van der Waals surface area contributed by atoms with E-state index in [1.165, 1.54) is 12.1 Å². The predicted octanol–water partition coefficient (Wildman–Crippen LogP) is 3.29. The first-order valence-electron chi connectivity index (χ1n) is 8.92. The Morgan fingerprint density at radius 1 is 1.27 bits per heavy atom. The van der Waals surface area contributed by atoms with E-state index in [1.807, 2.05) is 0 Å². The van der Waals surface area contributed by atoms with Crippen molar-refractivity contribution in [3.63, 3.8) is 0 Å². The number of amides is 1. The summed E-state index contributed by atoms with van der Waals surface area (Å²) in [5.74, 6) is -0.745. The lowest BCUT2D eigenvalue weighted by molar-refractivity contribution is -0.196. The van der Waals surface area contributed by atoms with Crippen LogP contribution in [-0.4, -0.2) is 29.2 Å². The second kappa shape index (κ2) is 6.20. The molecule has 0 spiro atoms. The van der Waals surface area contributed by atoms with Crippen LogP contribution in [0.2, 0.25) is 5.02 Å². The molecule has 4 fully saturated rings. The Hall–Kier alpha value is -1.66. The zero-order chi connectivity index (χ0) is 18.5. The van der Waals surface area contributed by atoms with Gasteiger partial charge < -0.3 is 15.2 Å². The highest BCUT2D eigenvalue weighted by atomic mass is 35.5. The summed E-state index contributed by atoms with van der Waals surface area (Å²) in [5.41, 5.74) is -1.07. The maximum atomic E-state index is 13.1. The van der Waals surface area contributed by atoms with Crippen LogP contribution in [0.5, 0.6) is 0 Å². The zero-order valence-corrected chi connectivity index (χ0v) is 15.0. The number of esters is 1. The van der Waals surface area contributed by atoms with Crippen LogP contribution in [0.15, 0.2) is 18.2 Å². The van der Waals surface area contributed by atoms with Crippen molar-refractivity contribution < 1.29 is 23.8 Å². The number of anilines is 1. The molecule has 0 aliphatic heterocycles. The standard InChI is InChI=1S/C19H21ClFNO4/c20-14-4-13(1-2-15(14)21)22-16(23)9-26-17(24)18-5-11-3-12(6-18)8-19(25,7-11)10-18/h1-2,4,11-12,25H,3,5-10H2,(H,22,23)/t11-,12+,18?,19?. The van der Waals surface area contributed by atoms with Crippen molar-refractivity contribution in [1.82, 2.24) is 0 Å². The number of halogens is 2. The lowest BCUT2D eigenvalue weighted by atomic mass is 9.48. The first-order chi connectivity index (χ1) is 12.3. The first kappa shape index (κ1) is 17.7. The lowest BCUT2D eigenvalue weighted by Crippen LogP contribution is -2.58. The smallest absolute Gasteiger partial charge is 0.312 e. The Bertz CT molecular complexity index is 754. The fourth-order valence-corrected chi connectivity index (χ4v) is 5.69. The van der Waals surface area contributed by atoms with Gasteiger partial charge in [-0.2, -0.15) is 0 Å². The number of rotatable bonds is 4. The van der Waals surface area contributed by atoms with Crippen LogP contribution < -0.4 is 5.32 Å². The van der Waals surface area contributed by atoms with Gasteiger partial charge in [0.15, 0.2) is 6.61 Å². The van der Waals surface area contributed by atoms with Gasteiger partial charge >= 0.3 is 5.97 Å². The molecule has 5 rings (SSSR count). The van der Waals surface area contributed by atoms with Crippen molar-refractivity contribution >= 4 is 29.2 Å². The minimum absolute atomic E-state index is 0.0957. The van der Waals surface area contributed by atoms with Gasteiger partial charge in [0.05, 0.1) is 16.0 Å². The van der Waals surface area contributed by atoms with Crippen molar-refractivity contribution in [2.75, 3.05) is 11.9 Å². The molecule has 140 valence electrons. The summed E-state index contributed by atoms with van der Waals surface area (Å²) in [6.07, 6.45) is 4.51. The average molecular weight is 382 g/mol. The van der Waals surface area contributed by atoms with Crippen LogP contribution in [-0.2, 0) is 14.3 Å². The van der Waals surface area contributed by atoms with Gasteiger partial charge in [-0.3, -0.25) is 9.59 Å². The number of hydrogen-bond acceptors (Lipinski definition) is 4.